The minimum atomic E-state index is 0.116. The normalized spacial score (nSPS) is 20.6. The van der Waals surface area contributed by atoms with E-state index in [1.165, 1.54) is 0 Å². The van der Waals surface area contributed by atoms with Gasteiger partial charge in [-0.2, -0.15) is 0 Å². The highest BCUT2D eigenvalue weighted by Crippen LogP contribution is 2.26. The molecule has 1 aromatic heterocycles. The molecular formula is C18H32N6O2. The van der Waals surface area contributed by atoms with Gasteiger partial charge in [0.05, 0.1) is 26.3 Å². The first-order chi connectivity index (χ1) is 12.5. The van der Waals surface area contributed by atoms with Crippen LogP contribution in [0.5, 0.6) is 0 Å². The van der Waals surface area contributed by atoms with Gasteiger partial charge in [0.1, 0.15) is 11.6 Å². The number of hydrogen-bond acceptors (Lipinski definition) is 6. The summed E-state index contributed by atoms with van der Waals surface area (Å²) in [6.07, 6.45) is 2.05. The molecule has 3 rings (SSSR count). The van der Waals surface area contributed by atoms with Crippen LogP contribution >= 0.6 is 0 Å². The van der Waals surface area contributed by atoms with Crippen molar-refractivity contribution >= 4 is 5.91 Å². The molecule has 2 saturated heterocycles. The Morgan fingerprint density at radius 3 is 2.50 bits per heavy atom. The Morgan fingerprint density at radius 1 is 1.15 bits per heavy atom. The number of likely N-dealkylation sites (tertiary alicyclic amines) is 1. The van der Waals surface area contributed by atoms with Crippen LogP contribution in [0.4, 0.5) is 0 Å². The summed E-state index contributed by atoms with van der Waals surface area (Å²) in [6.45, 7) is 10.7. The third-order valence-electron chi connectivity index (χ3n) is 5.24. The van der Waals surface area contributed by atoms with Crippen molar-refractivity contribution in [1.82, 2.24) is 29.9 Å². The predicted molar refractivity (Wildman–Crippen MR) is 98.8 cm³/mol. The van der Waals surface area contributed by atoms with E-state index in [4.69, 9.17) is 4.74 Å². The Morgan fingerprint density at radius 2 is 1.85 bits per heavy atom. The van der Waals surface area contributed by atoms with Crippen molar-refractivity contribution in [1.29, 1.82) is 0 Å². The molecule has 0 radical (unpaired) electrons. The highest BCUT2D eigenvalue weighted by atomic mass is 16.5. The molecule has 0 atom stereocenters. The van der Waals surface area contributed by atoms with Crippen molar-refractivity contribution < 1.29 is 9.53 Å². The zero-order valence-corrected chi connectivity index (χ0v) is 16.3. The van der Waals surface area contributed by atoms with Crippen LogP contribution in [0.25, 0.3) is 0 Å². The number of rotatable bonds is 6. The van der Waals surface area contributed by atoms with E-state index in [-0.39, 0.29) is 11.9 Å². The van der Waals surface area contributed by atoms with Gasteiger partial charge in [-0.1, -0.05) is 0 Å². The van der Waals surface area contributed by atoms with Crippen LogP contribution < -0.4 is 5.32 Å². The highest BCUT2D eigenvalue weighted by Gasteiger charge is 2.26. The molecule has 1 aromatic rings. The maximum absolute atomic E-state index is 11.9. The summed E-state index contributed by atoms with van der Waals surface area (Å²) >= 11 is 0. The average molecular weight is 364 g/mol. The molecule has 26 heavy (non-hydrogen) atoms. The molecule has 1 amide bonds. The van der Waals surface area contributed by atoms with Gasteiger partial charge in [0.2, 0.25) is 5.91 Å². The van der Waals surface area contributed by atoms with E-state index in [2.05, 4.69) is 36.9 Å². The summed E-state index contributed by atoms with van der Waals surface area (Å²) in [7, 11) is 2.08. The molecule has 8 nitrogen and oxygen atoms in total. The Kier molecular flexibility index (Phi) is 6.61. The second-order valence-corrected chi connectivity index (χ2v) is 7.69. The standard InChI is InChI=1S/C18H32N6O2/c1-14(2)19-17(25)13-23-6-4-15(5-7-23)18-21-20-16(22(18)3)12-24-8-10-26-11-9-24/h14-15H,4-13H2,1-3H3,(H,19,25). The fourth-order valence-corrected chi connectivity index (χ4v) is 3.75. The largest absolute Gasteiger partial charge is 0.379 e. The average Bonchev–Trinajstić information content (AvgIpc) is 2.96. The Bertz CT molecular complexity index is 589. The van der Waals surface area contributed by atoms with Crippen molar-refractivity contribution in [3.8, 4) is 0 Å². The number of piperidine rings is 1. The zero-order chi connectivity index (χ0) is 18.5. The quantitative estimate of drug-likeness (QED) is 0.785. The van der Waals surface area contributed by atoms with E-state index in [9.17, 15) is 4.79 Å². The number of ether oxygens (including phenoxy) is 1. The Hall–Kier alpha value is -1.51. The number of nitrogens with one attached hydrogen (secondary N) is 1. The molecule has 2 fully saturated rings. The van der Waals surface area contributed by atoms with Gasteiger partial charge >= 0.3 is 0 Å². The number of nitrogens with zero attached hydrogens (tertiary/aromatic N) is 5. The van der Waals surface area contributed by atoms with E-state index >= 15 is 0 Å². The van der Waals surface area contributed by atoms with Gasteiger partial charge in [-0.3, -0.25) is 14.6 Å². The maximum Gasteiger partial charge on any atom is 0.234 e. The topological polar surface area (TPSA) is 75.5 Å². The van der Waals surface area contributed by atoms with Crippen LogP contribution in [-0.2, 0) is 23.1 Å². The SMILES string of the molecule is CC(C)NC(=O)CN1CCC(c2nnc(CN3CCOCC3)n2C)CC1. The highest BCUT2D eigenvalue weighted by molar-refractivity contribution is 5.78. The van der Waals surface area contributed by atoms with Gasteiger partial charge in [0, 0.05) is 32.1 Å². The summed E-state index contributed by atoms with van der Waals surface area (Å²) in [4.78, 5) is 16.5. The van der Waals surface area contributed by atoms with Crippen molar-refractivity contribution in [2.24, 2.45) is 7.05 Å². The van der Waals surface area contributed by atoms with Crippen LogP contribution in [0.1, 0.15) is 44.3 Å². The zero-order valence-electron chi connectivity index (χ0n) is 16.3. The first-order valence-electron chi connectivity index (χ1n) is 9.73. The molecule has 0 aliphatic carbocycles. The fraction of sp³-hybridized carbons (Fsp3) is 0.833. The second kappa shape index (κ2) is 8.92. The summed E-state index contributed by atoms with van der Waals surface area (Å²) in [5.74, 6) is 2.65. The molecule has 8 heteroatoms. The van der Waals surface area contributed by atoms with Crippen molar-refractivity contribution in [2.75, 3.05) is 45.9 Å². The lowest BCUT2D eigenvalue weighted by atomic mass is 9.96. The van der Waals surface area contributed by atoms with E-state index in [0.29, 0.717) is 12.5 Å². The molecule has 3 heterocycles. The van der Waals surface area contributed by atoms with Crippen molar-refractivity contribution in [2.45, 2.75) is 45.2 Å². The van der Waals surface area contributed by atoms with Gasteiger partial charge in [-0.05, 0) is 39.8 Å². The van der Waals surface area contributed by atoms with E-state index in [1.807, 2.05) is 13.8 Å². The lowest BCUT2D eigenvalue weighted by molar-refractivity contribution is -0.123. The van der Waals surface area contributed by atoms with Crippen LogP contribution in [-0.4, -0.2) is 82.5 Å². The Labute approximate surface area is 155 Å². The molecule has 0 spiro atoms. The third-order valence-corrected chi connectivity index (χ3v) is 5.24. The molecular weight excluding hydrogens is 332 g/mol. The van der Waals surface area contributed by atoms with Crippen molar-refractivity contribution in [3.05, 3.63) is 11.6 Å². The van der Waals surface area contributed by atoms with Gasteiger partial charge in [0.25, 0.3) is 0 Å². The van der Waals surface area contributed by atoms with Gasteiger partial charge in [-0.15, -0.1) is 10.2 Å². The monoisotopic (exact) mass is 364 g/mol. The molecule has 0 unspecified atom stereocenters. The molecule has 0 saturated carbocycles. The first-order valence-corrected chi connectivity index (χ1v) is 9.73. The predicted octanol–water partition coefficient (Wildman–Crippen LogP) is 0.351. The number of hydrogen-bond donors (Lipinski definition) is 1. The summed E-state index contributed by atoms with van der Waals surface area (Å²) in [5.41, 5.74) is 0. The molecule has 146 valence electrons. The van der Waals surface area contributed by atoms with Gasteiger partial charge < -0.3 is 14.6 Å². The lowest BCUT2D eigenvalue weighted by Crippen LogP contribution is -2.43. The summed E-state index contributed by atoms with van der Waals surface area (Å²) in [5, 5.41) is 11.9. The molecule has 0 bridgehead atoms. The van der Waals surface area contributed by atoms with Crippen LogP contribution in [0.15, 0.2) is 0 Å². The number of amides is 1. The molecule has 2 aliphatic heterocycles. The number of carbonyl (C=O) groups excluding carboxylic acids is 1. The smallest absolute Gasteiger partial charge is 0.234 e. The summed E-state index contributed by atoms with van der Waals surface area (Å²) in [6, 6.07) is 0.198. The minimum Gasteiger partial charge on any atom is -0.379 e. The van der Waals surface area contributed by atoms with Crippen LogP contribution in [0, 0.1) is 0 Å². The number of carbonyl (C=O) groups is 1. The van der Waals surface area contributed by atoms with Gasteiger partial charge in [0.15, 0.2) is 0 Å². The minimum absolute atomic E-state index is 0.116. The summed E-state index contributed by atoms with van der Waals surface area (Å²) < 4.78 is 7.58. The number of aromatic nitrogens is 3. The van der Waals surface area contributed by atoms with E-state index < -0.39 is 0 Å². The van der Waals surface area contributed by atoms with Gasteiger partial charge in [-0.25, -0.2) is 0 Å². The van der Waals surface area contributed by atoms with E-state index in [0.717, 1.165) is 70.4 Å². The lowest BCUT2D eigenvalue weighted by Gasteiger charge is -2.31. The maximum atomic E-state index is 11.9. The number of morpholine rings is 1. The van der Waals surface area contributed by atoms with E-state index in [1.54, 1.807) is 0 Å². The first kappa shape index (κ1) is 19.3. The van der Waals surface area contributed by atoms with Crippen molar-refractivity contribution in [3.63, 3.8) is 0 Å². The molecule has 1 N–H and O–H groups in total. The third kappa shape index (κ3) is 5.02. The second-order valence-electron chi connectivity index (χ2n) is 7.69. The van der Waals surface area contributed by atoms with Crippen LogP contribution in [0.3, 0.4) is 0 Å². The molecule has 2 aliphatic rings. The Balaban J connectivity index is 1.50. The fourth-order valence-electron chi connectivity index (χ4n) is 3.75. The molecule has 0 aromatic carbocycles. The van der Waals surface area contributed by atoms with Crippen LogP contribution in [0.2, 0.25) is 0 Å².